The first-order chi connectivity index (χ1) is 50.7. The summed E-state index contributed by atoms with van der Waals surface area (Å²) in [5.74, 6) is -2.35. The maximum atomic E-state index is 13.1. The highest BCUT2D eigenvalue weighted by molar-refractivity contribution is 7.47. The van der Waals surface area contributed by atoms with E-state index in [4.69, 9.17) is 37.0 Å². The first-order valence-electron chi connectivity index (χ1n) is 38.7. The van der Waals surface area contributed by atoms with Gasteiger partial charge in [0.05, 0.1) is 26.4 Å². The molecular weight excluding hydrogens is 1350 g/mol. The van der Waals surface area contributed by atoms with E-state index >= 15 is 0 Å². The van der Waals surface area contributed by atoms with Gasteiger partial charge in [-0.15, -0.1) is 0 Å². The number of hydrogen-bond acceptors (Lipinski definition) is 15. The van der Waals surface area contributed by atoms with Crippen molar-refractivity contribution < 1.29 is 80.2 Å². The molecule has 5 atom stereocenters. The van der Waals surface area contributed by atoms with Crippen LogP contribution in [0.5, 0.6) is 0 Å². The van der Waals surface area contributed by atoms with Gasteiger partial charge in [-0.25, -0.2) is 9.13 Å². The van der Waals surface area contributed by atoms with Crippen LogP contribution in [0.1, 0.15) is 259 Å². The molecule has 0 aliphatic heterocycles. The minimum absolute atomic E-state index is 0.0245. The van der Waals surface area contributed by atoms with E-state index in [9.17, 15) is 43.2 Å². The molecule has 0 bridgehead atoms. The number of allylic oxidation sites excluding steroid dienone is 32. The molecule has 5 unspecified atom stereocenters. The summed E-state index contributed by atoms with van der Waals surface area (Å²) in [6.45, 7) is 4.22. The van der Waals surface area contributed by atoms with Gasteiger partial charge in [0.25, 0.3) is 0 Å². The summed E-state index contributed by atoms with van der Waals surface area (Å²) in [6.07, 6.45) is 91.4. The first kappa shape index (κ1) is 97.9. The molecule has 0 spiro atoms. The second kappa shape index (κ2) is 75.1. The van der Waals surface area contributed by atoms with E-state index in [-0.39, 0.29) is 25.7 Å². The summed E-state index contributed by atoms with van der Waals surface area (Å²) in [6, 6.07) is 0. The van der Waals surface area contributed by atoms with Crippen LogP contribution < -0.4 is 0 Å². The molecule has 0 aliphatic carbocycles. The van der Waals surface area contributed by atoms with Gasteiger partial charge >= 0.3 is 39.5 Å². The van der Waals surface area contributed by atoms with Crippen LogP contribution in [-0.2, 0) is 65.4 Å². The molecule has 586 valence electrons. The molecule has 19 heteroatoms. The summed E-state index contributed by atoms with van der Waals surface area (Å²) < 4.78 is 68.4. The van der Waals surface area contributed by atoms with Crippen molar-refractivity contribution >= 4 is 39.5 Å². The van der Waals surface area contributed by atoms with Crippen LogP contribution in [0.25, 0.3) is 0 Å². The Hall–Kier alpha value is -6.10. The van der Waals surface area contributed by atoms with Crippen molar-refractivity contribution in [2.75, 3.05) is 39.6 Å². The molecule has 104 heavy (non-hydrogen) atoms. The molecule has 0 rings (SSSR count). The van der Waals surface area contributed by atoms with E-state index in [1.165, 1.54) is 0 Å². The minimum atomic E-state index is -5.01. The second-order valence-electron chi connectivity index (χ2n) is 24.8. The van der Waals surface area contributed by atoms with Crippen LogP contribution in [-0.4, -0.2) is 96.7 Å². The number of carbonyl (C=O) groups is 4. The summed E-state index contributed by atoms with van der Waals surface area (Å²) >= 11 is 0. The second-order valence-corrected chi connectivity index (χ2v) is 27.7. The third kappa shape index (κ3) is 74.2. The normalized spacial score (nSPS) is 15.0. The molecule has 0 heterocycles. The van der Waals surface area contributed by atoms with Crippen molar-refractivity contribution in [2.45, 2.75) is 277 Å². The molecule has 0 aromatic heterocycles. The Balaban J connectivity index is 5.51. The predicted octanol–water partition coefficient (Wildman–Crippen LogP) is 22.5. The molecule has 0 saturated carbocycles. The fourth-order valence-corrected chi connectivity index (χ4v) is 10.9. The summed E-state index contributed by atoms with van der Waals surface area (Å²) in [5.41, 5.74) is 0. The zero-order chi connectivity index (χ0) is 76.0. The molecule has 0 saturated heterocycles. The van der Waals surface area contributed by atoms with E-state index in [2.05, 4.69) is 222 Å². The molecule has 0 radical (unpaired) electrons. The van der Waals surface area contributed by atoms with Gasteiger partial charge in [-0.05, 0) is 180 Å². The molecule has 0 amide bonds. The van der Waals surface area contributed by atoms with Gasteiger partial charge in [0.15, 0.2) is 12.2 Å². The maximum Gasteiger partial charge on any atom is 0.472 e. The molecule has 3 N–H and O–H groups in total. The van der Waals surface area contributed by atoms with Crippen LogP contribution in [0.4, 0.5) is 0 Å². The van der Waals surface area contributed by atoms with E-state index in [1.807, 2.05) is 0 Å². The Bertz CT molecular complexity index is 2740. The quantitative estimate of drug-likeness (QED) is 0.0169. The summed E-state index contributed by atoms with van der Waals surface area (Å²) in [5, 5.41) is 10.6. The van der Waals surface area contributed by atoms with Crippen LogP contribution in [0, 0.1) is 0 Å². The Morgan fingerprint density at radius 3 is 0.731 bits per heavy atom. The van der Waals surface area contributed by atoms with Gasteiger partial charge in [0.2, 0.25) is 0 Å². The van der Waals surface area contributed by atoms with Crippen LogP contribution >= 0.6 is 15.6 Å². The molecular formula is C85H134O17P2. The highest BCUT2D eigenvalue weighted by Gasteiger charge is 2.30. The Labute approximate surface area is 627 Å². The third-order valence-corrected chi connectivity index (χ3v) is 16.9. The van der Waals surface area contributed by atoms with Gasteiger partial charge in [-0.3, -0.25) is 37.3 Å². The number of phosphoric ester groups is 2. The lowest BCUT2D eigenvalue weighted by atomic mass is 10.1. The number of ether oxygens (including phenoxy) is 4. The van der Waals surface area contributed by atoms with Crippen LogP contribution in [0.2, 0.25) is 0 Å². The monoisotopic (exact) mass is 1490 g/mol. The van der Waals surface area contributed by atoms with Gasteiger partial charge in [0, 0.05) is 25.7 Å². The number of unbranched alkanes of at least 4 members (excludes halogenated alkanes) is 12. The number of aliphatic hydroxyl groups is 1. The number of hydrogen-bond donors (Lipinski definition) is 3. The topological polar surface area (TPSA) is 237 Å². The molecule has 0 aromatic carbocycles. The van der Waals surface area contributed by atoms with Gasteiger partial charge in [-0.2, -0.15) is 0 Å². The number of esters is 4. The molecule has 0 aromatic rings. The molecule has 0 fully saturated rings. The largest absolute Gasteiger partial charge is 0.472 e. The molecule has 17 nitrogen and oxygen atoms in total. The van der Waals surface area contributed by atoms with Crippen molar-refractivity contribution in [1.82, 2.24) is 0 Å². The molecule has 0 aliphatic rings. The number of rotatable bonds is 70. The van der Waals surface area contributed by atoms with Crippen LogP contribution in [0.15, 0.2) is 194 Å². The number of aliphatic hydroxyl groups excluding tert-OH is 1. The summed E-state index contributed by atoms with van der Waals surface area (Å²) in [7, 11) is -10.0. The van der Waals surface area contributed by atoms with E-state index in [0.717, 1.165) is 173 Å². The van der Waals surface area contributed by atoms with E-state index < -0.39 is 97.5 Å². The zero-order valence-electron chi connectivity index (χ0n) is 63.9. The van der Waals surface area contributed by atoms with Crippen molar-refractivity contribution in [3.05, 3.63) is 194 Å². The Morgan fingerprint density at radius 1 is 0.269 bits per heavy atom. The first-order valence-corrected chi connectivity index (χ1v) is 41.7. The Kier molecular flexibility index (Phi) is 70.7. The lowest BCUT2D eigenvalue weighted by Crippen LogP contribution is -2.30. The third-order valence-electron chi connectivity index (χ3n) is 15.0. The highest BCUT2D eigenvalue weighted by atomic mass is 31.2. The number of phosphoric acid groups is 2. The van der Waals surface area contributed by atoms with Crippen LogP contribution in [0.3, 0.4) is 0 Å². The van der Waals surface area contributed by atoms with Gasteiger partial charge in [0.1, 0.15) is 19.3 Å². The van der Waals surface area contributed by atoms with Crippen molar-refractivity contribution in [1.29, 1.82) is 0 Å². The smallest absolute Gasteiger partial charge is 0.462 e. The SMILES string of the molecule is CC/C=C\C/C=C\C/C=C\C/C=C\CCCCCCC(=O)OCC(COP(=O)(O)OCC(O)COP(=O)(O)OCC(COC(=O)CCCC/C=C\C/C=C\C/C=C\C/C=C\CC)OC(=O)CCCC/C=C\C/C=C\C/C=C\C/C=C\CC)OC(=O)CCCCCC/C=C\C/C=C\C/C=C\C/C=C\CC. The zero-order valence-corrected chi connectivity index (χ0v) is 65.6. The van der Waals surface area contributed by atoms with Gasteiger partial charge in [-0.1, -0.05) is 248 Å². The fourth-order valence-electron chi connectivity index (χ4n) is 9.30. The van der Waals surface area contributed by atoms with Crippen molar-refractivity contribution in [3.8, 4) is 0 Å². The standard InChI is InChI=1S/C85H134O17P2/c1-5-9-13-17-21-25-29-33-37-39-43-46-50-54-58-62-66-70-83(88)96-76-81(102-85(90)72-68-64-60-56-52-48-44-40-38-34-30-26-22-18-14-10-6-2)78-100-104(93,94)98-74-79(86)73-97-103(91,92)99-77-80(101-84(89)71-67-63-59-55-51-47-42-36-32-28-24-20-16-12-8-4)75-95-82(87)69-65-61-57-53-49-45-41-35-31-27-23-19-15-11-7-3/h9-16,21-28,33-38,41-44,46,48-49,51,53,55,79-81,86H,5-8,17-20,29-32,39-40,45,47,50,52,54,56-78H2,1-4H3,(H,91,92)(H,93,94)/b13-9-,14-10-,15-11-,16-12-,25-21-,26-22-,27-23-,28-24-,37-33-,38-34-,41-35-,42-36-,46-43-,48-44-,53-49-,55-51-. The summed E-state index contributed by atoms with van der Waals surface area (Å²) in [4.78, 5) is 73.0. The lowest BCUT2D eigenvalue weighted by molar-refractivity contribution is -0.161. The highest BCUT2D eigenvalue weighted by Crippen LogP contribution is 2.45. The lowest BCUT2D eigenvalue weighted by Gasteiger charge is -2.21. The predicted molar refractivity (Wildman–Crippen MR) is 426 cm³/mol. The van der Waals surface area contributed by atoms with E-state index in [1.54, 1.807) is 0 Å². The van der Waals surface area contributed by atoms with E-state index in [0.29, 0.717) is 32.1 Å². The van der Waals surface area contributed by atoms with Crippen molar-refractivity contribution in [3.63, 3.8) is 0 Å². The average Bonchev–Trinajstić information content (AvgIpc) is 0.926. The van der Waals surface area contributed by atoms with Crippen molar-refractivity contribution in [2.24, 2.45) is 0 Å². The average molecular weight is 1490 g/mol. The maximum absolute atomic E-state index is 13.1. The Morgan fingerprint density at radius 2 is 0.471 bits per heavy atom. The number of carbonyl (C=O) groups excluding carboxylic acids is 4. The fraction of sp³-hybridized carbons (Fsp3) is 0.576. The van der Waals surface area contributed by atoms with Gasteiger partial charge < -0.3 is 33.8 Å². The minimum Gasteiger partial charge on any atom is -0.462 e.